The molecule has 1 amide bonds. The molecule has 1 aromatic carbocycles. The number of aromatic nitrogens is 3. The number of anilines is 1. The second kappa shape index (κ2) is 10.9. The predicted octanol–water partition coefficient (Wildman–Crippen LogP) is 6.26. The number of carbonyl (C=O) groups is 1. The van der Waals surface area contributed by atoms with Crippen LogP contribution in [0, 0.1) is 6.92 Å². The van der Waals surface area contributed by atoms with Gasteiger partial charge in [0.05, 0.1) is 11.1 Å². The highest BCUT2D eigenvalue weighted by Crippen LogP contribution is 2.34. The van der Waals surface area contributed by atoms with Crippen molar-refractivity contribution in [2.45, 2.75) is 50.7 Å². The lowest BCUT2D eigenvalue weighted by molar-refractivity contribution is -0.113. The third-order valence-electron chi connectivity index (χ3n) is 6.10. The highest BCUT2D eigenvalue weighted by atomic mass is 35.5. The van der Waals surface area contributed by atoms with Crippen molar-refractivity contribution >= 4 is 67.3 Å². The topological polar surface area (TPSA) is 76.9 Å². The number of amides is 1. The minimum Gasteiger partial charge on any atom is -0.301 e. The van der Waals surface area contributed by atoms with Crippen LogP contribution in [0.4, 0.5) is 5.13 Å². The average Bonchev–Trinajstić information content (AvgIpc) is 3.46. The lowest BCUT2D eigenvalue weighted by atomic mass is 9.97. The maximum atomic E-state index is 13.4. The summed E-state index contributed by atoms with van der Waals surface area (Å²) in [6.07, 6.45) is 8.36. The number of halogens is 1. The fourth-order valence-corrected chi connectivity index (χ4v) is 7.48. The number of fused-ring (bicyclic) bond motifs is 3. The van der Waals surface area contributed by atoms with Crippen LogP contribution in [0.1, 0.15) is 39.3 Å². The van der Waals surface area contributed by atoms with Gasteiger partial charge in [-0.15, -0.1) is 29.3 Å². The first-order chi connectivity index (χ1) is 17.4. The monoisotopic (exact) mass is 556 g/mol. The molecule has 0 saturated heterocycles. The molecule has 0 fully saturated rings. The molecule has 3 aromatic heterocycles. The van der Waals surface area contributed by atoms with Crippen LogP contribution in [0.25, 0.3) is 10.2 Å². The number of nitrogens with one attached hydrogen (secondary N) is 1. The molecule has 186 valence electrons. The van der Waals surface area contributed by atoms with Gasteiger partial charge in [0.1, 0.15) is 4.83 Å². The van der Waals surface area contributed by atoms with Crippen LogP contribution < -0.4 is 10.9 Å². The summed E-state index contributed by atoms with van der Waals surface area (Å²) in [6.45, 7) is 6.13. The Morgan fingerprint density at radius 1 is 1.31 bits per heavy atom. The number of hydrogen-bond acceptors (Lipinski definition) is 7. The van der Waals surface area contributed by atoms with Crippen LogP contribution in [0.15, 0.2) is 47.0 Å². The fraction of sp³-hybridized carbons (Fsp3) is 0.308. The lowest BCUT2D eigenvalue weighted by Gasteiger charge is -2.12. The van der Waals surface area contributed by atoms with Gasteiger partial charge in [0.2, 0.25) is 5.91 Å². The number of aryl methyl sites for hydroxylation is 3. The summed E-state index contributed by atoms with van der Waals surface area (Å²) in [6, 6.07) is 6.01. The quantitative estimate of drug-likeness (QED) is 0.157. The van der Waals surface area contributed by atoms with Gasteiger partial charge in [0.25, 0.3) is 5.56 Å². The Labute approximate surface area is 226 Å². The molecule has 0 bridgehead atoms. The second-order valence-corrected chi connectivity index (χ2v) is 12.3. The molecule has 1 aliphatic carbocycles. The van der Waals surface area contributed by atoms with Gasteiger partial charge in [0, 0.05) is 33.9 Å². The number of thiophene rings is 1. The Morgan fingerprint density at radius 3 is 2.94 bits per heavy atom. The summed E-state index contributed by atoms with van der Waals surface area (Å²) in [4.78, 5) is 38.3. The Kier molecular flexibility index (Phi) is 7.62. The SMILES string of the molecule is C=CCn1c(SCC(=O)Nc2ncc(Cc3ccc(C)c(Cl)c3)s2)nc2sc3c(c2c1=O)CCCC3. The van der Waals surface area contributed by atoms with E-state index >= 15 is 0 Å². The molecule has 0 radical (unpaired) electrons. The molecular weight excluding hydrogens is 532 g/mol. The molecule has 3 heterocycles. The Bertz CT molecular complexity index is 1520. The zero-order valence-electron chi connectivity index (χ0n) is 19.8. The van der Waals surface area contributed by atoms with Gasteiger partial charge in [-0.05, 0) is 55.4 Å². The molecule has 36 heavy (non-hydrogen) atoms. The van der Waals surface area contributed by atoms with Crippen LogP contribution in [-0.2, 0) is 30.6 Å². The van der Waals surface area contributed by atoms with E-state index in [2.05, 4.69) is 16.9 Å². The molecule has 0 atom stereocenters. The van der Waals surface area contributed by atoms with Crippen LogP contribution in [0.5, 0.6) is 0 Å². The Balaban J connectivity index is 1.28. The third-order valence-corrected chi connectivity index (χ3v) is 9.58. The molecule has 1 N–H and O–H groups in total. The van der Waals surface area contributed by atoms with Crippen LogP contribution in [-0.4, -0.2) is 26.2 Å². The van der Waals surface area contributed by atoms with Gasteiger partial charge in [-0.2, -0.15) is 0 Å². The summed E-state index contributed by atoms with van der Waals surface area (Å²) in [5, 5.41) is 5.45. The van der Waals surface area contributed by atoms with E-state index in [9.17, 15) is 9.59 Å². The van der Waals surface area contributed by atoms with Crippen molar-refractivity contribution in [1.29, 1.82) is 0 Å². The van der Waals surface area contributed by atoms with E-state index in [-0.39, 0.29) is 17.2 Å². The van der Waals surface area contributed by atoms with Crippen molar-refractivity contribution in [3.05, 3.63) is 78.9 Å². The van der Waals surface area contributed by atoms with Gasteiger partial charge < -0.3 is 5.32 Å². The van der Waals surface area contributed by atoms with Crippen molar-refractivity contribution in [3.8, 4) is 0 Å². The molecule has 0 aliphatic heterocycles. The zero-order valence-corrected chi connectivity index (χ0v) is 23.0. The van der Waals surface area contributed by atoms with Gasteiger partial charge in [0.15, 0.2) is 10.3 Å². The largest absolute Gasteiger partial charge is 0.301 e. The maximum Gasteiger partial charge on any atom is 0.263 e. The van der Waals surface area contributed by atoms with E-state index in [0.717, 1.165) is 56.9 Å². The number of hydrogen-bond donors (Lipinski definition) is 1. The lowest BCUT2D eigenvalue weighted by Crippen LogP contribution is -2.24. The molecule has 1 aliphatic rings. The van der Waals surface area contributed by atoms with Gasteiger partial charge >= 0.3 is 0 Å². The normalized spacial score (nSPS) is 13.1. The molecule has 5 rings (SSSR count). The van der Waals surface area contributed by atoms with Crippen LogP contribution >= 0.6 is 46.0 Å². The van der Waals surface area contributed by atoms with E-state index in [1.165, 1.54) is 33.5 Å². The summed E-state index contributed by atoms with van der Waals surface area (Å²) in [5.41, 5.74) is 3.27. The number of thiazole rings is 1. The molecule has 0 unspecified atom stereocenters. The minimum absolute atomic E-state index is 0.0389. The van der Waals surface area contributed by atoms with Gasteiger partial charge in [-0.1, -0.05) is 41.6 Å². The van der Waals surface area contributed by atoms with Gasteiger partial charge in [-0.25, -0.2) is 9.97 Å². The van der Waals surface area contributed by atoms with E-state index < -0.39 is 0 Å². The van der Waals surface area contributed by atoms with Crippen molar-refractivity contribution in [2.75, 3.05) is 11.1 Å². The smallest absolute Gasteiger partial charge is 0.263 e. The second-order valence-electron chi connectivity index (χ2n) is 8.72. The molecule has 10 heteroatoms. The first-order valence-electron chi connectivity index (χ1n) is 11.7. The van der Waals surface area contributed by atoms with E-state index in [1.807, 2.05) is 25.1 Å². The minimum atomic E-state index is -0.191. The number of allylic oxidation sites excluding steroid dienone is 1. The maximum absolute atomic E-state index is 13.4. The number of benzene rings is 1. The Hall–Kier alpha value is -2.46. The molecule has 6 nitrogen and oxygen atoms in total. The molecule has 4 aromatic rings. The van der Waals surface area contributed by atoms with E-state index in [4.69, 9.17) is 16.6 Å². The summed E-state index contributed by atoms with van der Waals surface area (Å²) in [5.74, 6) is -0.0629. The van der Waals surface area contributed by atoms with Crippen molar-refractivity contribution in [2.24, 2.45) is 0 Å². The van der Waals surface area contributed by atoms with Crippen LogP contribution in [0.3, 0.4) is 0 Å². The molecular formula is C26H25ClN4O2S3. The Morgan fingerprint density at radius 2 is 2.14 bits per heavy atom. The number of nitrogens with zero attached hydrogens (tertiary/aromatic N) is 3. The van der Waals surface area contributed by atoms with E-state index in [0.29, 0.717) is 23.3 Å². The van der Waals surface area contributed by atoms with E-state index in [1.54, 1.807) is 28.2 Å². The first-order valence-corrected chi connectivity index (χ1v) is 14.7. The van der Waals surface area contributed by atoms with Crippen molar-refractivity contribution < 1.29 is 4.79 Å². The van der Waals surface area contributed by atoms with Crippen LogP contribution in [0.2, 0.25) is 5.02 Å². The number of thioether (sulfide) groups is 1. The number of carbonyl (C=O) groups excluding carboxylic acids is 1. The highest BCUT2D eigenvalue weighted by molar-refractivity contribution is 7.99. The predicted molar refractivity (Wildman–Crippen MR) is 151 cm³/mol. The molecule has 0 spiro atoms. The standard InChI is InChI=1S/C26H25ClN4O2S3/c1-3-10-31-24(33)22-18-6-4-5-7-20(18)36-23(22)30-26(31)34-14-21(32)29-25-28-13-17(35-25)11-16-9-8-15(2)19(27)12-16/h3,8-9,12-13H,1,4-7,10-11,14H2,2H3,(H,28,29,32). The highest BCUT2D eigenvalue weighted by Gasteiger charge is 2.22. The first kappa shape index (κ1) is 25.2. The number of rotatable bonds is 8. The molecule has 0 saturated carbocycles. The summed E-state index contributed by atoms with van der Waals surface area (Å²) >= 11 is 10.6. The zero-order chi connectivity index (χ0) is 25.2. The summed E-state index contributed by atoms with van der Waals surface area (Å²) in [7, 11) is 0. The average molecular weight is 557 g/mol. The summed E-state index contributed by atoms with van der Waals surface area (Å²) < 4.78 is 1.63. The van der Waals surface area contributed by atoms with Gasteiger partial charge in [-0.3, -0.25) is 14.2 Å². The third kappa shape index (κ3) is 5.29. The fourth-order valence-electron chi connectivity index (χ4n) is 4.30. The van der Waals surface area contributed by atoms with Crippen molar-refractivity contribution in [1.82, 2.24) is 14.5 Å². The van der Waals surface area contributed by atoms with Crippen molar-refractivity contribution in [3.63, 3.8) is 0 Å².